The Morgan fingerprint density at radius 3 is 2.39 bits per heavy atom. The molecule has 0 saturated carbocycles. The highest BCUT2D eigenvalue weighted by molar-refractivity contribution is 7.89. The SMILES string of the molecule is N#Cc1ccc(S(=O)(=O)NC[C@H](O)C(=O)O)cc1. The number of nitrogens with one attached hydrogen (secondary N) is 1. The number of aliphatic hydroxyl groups is 1. The van der Waals surface area contributed by atoms with E-state index in [1.165, 1.54) is 24.3 Å². The van der Waals surface area contributed by atoms with Gasteiger partial charge in [0.1, 0.15) is 0 Å². The van der Waals surface area contributed by atoms with Crippen LogP contribution in [0.2, 0.25) is 0 Å². The van der Waals surface area contributed by atoms with Gasteiger partial charge in [0, 0.05) is 6.54 Å². The highest BCUT2D eigenvalue weighted by Crippen LogP contribution is 2.09. The highest BCUT2D eigenvalue weighted by atomic mass is 32.2. The Hall–Kier alpha value is -1.95. The molecule has 96 valence electrons. The number of carboxylic acid groups (broad SMARTS) is 1. The van der Waals surface area contributed by atoms with Crippen molar-refractivity contribution < 1.29 is 23.4 Å². The molecule has 0 fully saturated rings. The minimum absolute atomic E-state index is 0.112. The van der Waals surface area contributed by atoms with E-state index >= 15 is 0 Å². The van der Waals surface area contributed by atoms with Crippen LogP contribution in [0.4, 0.5) is 0 Å². The summed E-state index contributed by atoms with van der Waals surface area (Å²) in [6.07, 6.45) is -1.81. The third-order valence-electron chi connectivity index (χ3n) is 2.05. The molecule has 0 aliphatic rings. The Morgan fingerprint density at radius 1 is 1.39 bits per heavy atom. The van der Waals surface area contributed by atoms with Crippen LogP contribution in [0.25, 0.3) is 0 Å². The van der Waals surface area contributed by atoms with E-state index in [0.29, 0.717) is 5.56 Å². The molecule has 0 bridgehead atoms. The number of benzene rings is 1. The molecule has 0 aromatic heterocycles. The zero-order valence-corrected chi connectivity index (χ0v) is 9.88. The number of nitrogens with zero attached hydrogens (tertiary/aromatic N) is 1. The summed E-state index contributed by atoms with van der Waals surface area (Å²) in [5.41, 5.74) is 0.305. The maximum Gasteiger partial charge on any atom is 0.333 e. The lowest BCUT2D eigenvalue weighted by Crippen LogP contribution is -2.36. The van der Waals surface area contributed by atoms with Gasteiger partial charge in [0.15, 0.2) is 6.10 Å². The largest absolute Gasteiger partial charge is 0.479 e. The molecule has 0 amide bonds. The van der Waals surface area contributed by atoms with E-state index in [9.17, 15) is 13.2 Å². The van der Waals surface area contributed by atoms with Gasteiger partial charge >= 0.3 is 5.97 Å². The molecule has 0 saturated heterocycles. The summed E-state index contributed by atoms with van der Waals surface area (Å²) in [6.45, 7) is -0.627. The third kappa shape index (κ3) is 3.53. The van der Waals surface area contributed by atoms with Gasteiger partial charge in [-0.3, -0.25) is 0 Å². The van der Waals surface area contributed by atoms with Crippen LogP contribution in [0.1, 0.15) is 5.56 Å². The molecule has 0 spiro atoms. The van der Waals surface area contributed by atoms with Crippen molar-refractivity contribution in [2.45, 2.75) is 11.0 Å². The topological polar surface area (TPSA) is 127 Å². The molecule has 3 N–H and O–H groups in total. The van der Waals surface area contributed by atoms with E-state index < -0.39 is 28.6 Å². The molecule has 1 atom stereocenters. The van der Waals surface area contributed by atoms with Gasteiger partial charge in [-0.1, -0.05) is 0 Å². The third-order valence-corrected chi connectivity index (χ3v) is 3.48. The van der Waals surface area contributed by atoms with E-state index in [2.05, 4.69) is 0 Å². The molecule has 0 heterocycles. The Morgan fingerprint density at radius 2 is 1.94 bits per heavy atom. The highest BCUT2D eigenvalue weighted by Gasteiger charge is 2.19. The molecular weight excluding hydrogens is 260 g/mol. The lowest BCUT2D eigenvalue weighted by molar-refractivity contribution is -0.146. The first-order valence-electron chi connectivity index (χ1n) is 4.77. The summed E-state index contributed by atoms with van der Waals surface area (Å²) in [4.78, 5) is 10.2. The summed E-state index contributed by atoms with van der Waals surface area (Å²) >= 11 is 0. The molecular formula is C10H10N2O5S. The first-order valence-corrected chi connectivity index (χ1v) is 6.26. The first-order chi connectivity index (χ1) is 8.36. The molecule has 0 unspecified atom stereocenters. The number of hydrogen-bond donors (Lipinski definition) is 3. The number of aliphatic carboxylic acids is 1. The van der Waals surface area contributed by atoms with Gasteiger partial charge in [0.25, 0.3) is 0 Å². The molecule has 0 radical (unpaired) electrons. The summed E-state index contributed by atoms with van der Waals surface area (Å²) in [5.74, 6) is -1.52. The number of aliphatic hydroxyl groups excluding tert-OH is 1. The van der Waals surface area contributed by atoms with E-state index in [1.54, 1.807) is 0 Å². The summed E-state index contributed by atoms with van der Waals surface area (Å²) < 4.78 is 25.3. The molecule has 8 heteroatoms. The Kier molecular flexibility index (Phi) is 4.38. The average Bonchev–Trinajstić information content (AvgIpc) is 2.36. The van der Waals surface area contributed by atoms with Crippen molar-refractivity contribution in [1.82, 2.24) is 4.72 Å². The monoisotopic (exact) mass is 270 g/mol. The van der Waals surface area contributed by atoms with Gasteiger partial charge in [-0.2, -0.15) is 5.26 Å². The van der Waals surface area contributed by atoms with Crippen LogP contribution in [-0.2, 0) is 14.8 Å². The van der Waals surface area contributed by atoms with Crippen LogP contribution in [0.3, 0.4) is 0 Å². The number of rotatable bonds is 5. The van der Waals surface area contributed by atoms with Crippen molar-refractivity contribution in [2.75, 3.05) is 6.54 Å². The van der Waals surface area contributed by atoms with E-state index in [0.717, 1.165) is 0 Å². The first kappa shape index (κ1) is 14.1. The van der Waals surface area contributed by atoms with Gasteiger partial charge < -0.3 is 10.2 Å². The number of carboxylic acids is 1. The predicted octanol–water partition coefficient (Wildman–Crippen LogP) is -0.718. The molecule has 18 heavy (non-hydrogen) atoms. The van der Waals surface area contributed by atoms with Gasteiger partial charge in [-0.15, -0.1) is 0 Å². The molecule has 7 nitrogen and oxygen atoms in total. The summed E-state index contributed by atoms with van der Waals surface area (Å²) in [6, 6.07) is 6.91. The second-order valence-electron chi connectivity index (χ2n) is 3.34. The van der Waals surface area contributed by atoms with Crippen molar-refractivity contribution in [3.8, 4) is 6.07 Å². The quantitative estimate of drug-likeness (QED) is 0.648. The smallest absolute Gasteiger partial charge is 0.333 e. The Balaban J connectivity index is 2.80. The van der Waals surface area contributed by atoms with Crippen LogP contribution in [0, 0.1) is 11.3 Å². The zero-order valence-electron chi connectivity index (χ0n) is 9.07. The minimum Gasteiger partial charge on any atom is -0.479 e. The fourth-order valence-corrected chi connectivity index (χ4v) is 2.11. The fourth-order valence-electron chi connectivity index (χ4n) is 1.07. The minimum atomic E-state index is -3.90. The van der Waals surface area contributed by atoms with Gasteiger partial charge in [-0.05, 0) is 24.3 Å². The van der Waals surface area contributed by atoms with Crippen molar-refractivity contribution in [2.24, 2.45) is 0 Å². The van der Waals surface area contributed by atoms with Crippen molar-refractivity contribution >= 4 is 16.0 Å². The van der Waals surface area contributed by atoms with Crippen LogP contribution in [-0.4, -0.2) is 37.2 Å². The van der Waals surface area contributed by atoms with Crippen LogP contribution in [0.15, 0.2) is 29.2 Å². The van der Waals surface area contributed by atoms with E-state index in [4.69, 9.17) is 15.5 Å². The number of nitriles is 1. The van der Waals surface area contributed by atoms with Gasteiger partial charge in [0.05, 0.1) is 16.5 Å². The fraction of sp³-hybridized carbons (Fsp3) is 0.200. The zero-order chi connectivity index (χ0) is 13.8. The molecule has 1 aromatic rings. The predicted molar refractivity (Wildman–Crippen MR) is 60.0 cm³/mol. The second-order valence-corrected chi connectivity index (χ2v) is 5.11. The van der Waals surface area contributed by atoms with Gasteiger partial charge in [0.2, 0.25) is 10.0 Å². The van der Waals surface area contributed by atoms with Crippen molar-refractivity contribution in [3.05, 3.63) is 29.8 Å². The maximum absolute atomic E-state index is 11.7. The second kappa shape index (κ2) is 5.59. The maximum atomic E-state index is 11.7. The normalized spacial score (nSPS) is 12.7. The molecule has 1 rings (SSSR count). The average molecular weight is 270 g/mol. The Labute approximate surface area is 103 Å². The summed E-state index contributed by atoms with van der Waals surface area (Å²) in [7, 11) is -3.90. The molecule has 1 aromatic carbocycles. The van der Waals surface area contributed by atoms with Crippen molar-refractivity contribution in [1.29, 1.82) is 5.26 Å². The standard InChI is InChI=1S/C10H10N2O5S/c11-5-7-1-3-8(4-2-7)18(16,17)12-6-9(13)10(14)15/h1-4,9,12-13H,6H2,(H,14,15)/t9-/m0/s1. The number of sulfonamides is 1. The van der Waals surface area contributed by atoms with Crippen LogP contribution < -0.4 is 4.72 Å². The molecule has 0 aliphatic heterocycles. The molecule has 0 aliphatic carbocycles. The van der Waals surface area contributed by atoms with Crippen molar-refractivity contribution in [3.63, 3.8) is 0 Å². The number of carbonyl (C=O) groups is 1. The van der Waals surface area contributed by atoms with E-state index in [1.807, 2.05) is 10.8 Å². The lowest BCUT2D eigenvalue weighted by Gasteiger charge is -2.08. The van der Waals surface area contributed by atoms with Crippen LogP contribution in [0.5, 0.6) is 0 Å². The Bertz CT molecular complexity index is 573. The number of hydrogen-bond acceptors (Lipinski definition) is 5. The lowest BCUT2D eigenvalue weighted by atomic mass is 10.2. The summed E-state index contributed by atoms with van der Waals surface area (Å²) in [5, 5.41) is 25.9. The van der Waals surface area contributed by atoms with E-state index in [-0.39, 0.29) is 4.90 Å². The van der Waals surface area contributed by atoms with Crippen LogP contribution >= 0.6 is 0 Å². The van der Waals surface area contributed by atoms with Gasteiger partial charge in [-0.25, -0.2) is 17.9 Å².